The van der Waals surface area contributed by atoms with E-state index in [1.54, 1.807) is 10.9 Å². The second-order valence-corrected chi connectivity index (χ2v) is 6.80. The number of rotatable bonds is 4. The highest BCUT2D eigenvalue weighted by Gasteiger charge is 2.10. The van der Waals surface area contributed by atoms with Crippen LogP contribution in [0.1, 0.15) is 5.56 Å². The third-order valence-electron chi connectivity index (χ3n) is 3.24. The molecule has 0 saturated carbocycles. The number of benzene rings is 2. The molecule has 1 heterocycles. The van der Waals surface area contributed by atoms with E-state index in [9.17, 15) is 4.79 Å². The summed E-state index contributed by atoms with van der Waals surface area (Å²) >= 11 is 6.86. The number of aromatic nitrogens is 2. The molecule has 0 unspecified atom stereocenters. The average Bonchev–Trinajstić information content (AvgIpc) is 3.01. The minimum absolute atomic E-state index is 0.0744. The van der Waals surface area contributed by atoms with Gasteiger partial charge >= 0.3 is 0 Å². The van der Waals surface area contributed by atoms with Crippen molar-refractivity contribution >= 4 is 43.5 Å². The Kier molecular flexibility index (Phi) is 4.93. The van der Waals surface area contributed by atoms with Gasteiger partial charge in [-0.15, -0.1) is 0 Å². The van der Waals surface area contributed by atoms with Crippen molar-refractivity contribution in [1.82, 2.24) is 9.78 Å². The van der Waals surface area contributed by atoms with Crippen LogP contribution in [0.2, 0.25) is 0 Å². The molecule has 0 saturated heterocycles. The number of hydrogen-bond acceptors (Lipinski definition) is 2. The first kappa shape index (κ1) is 16.0. The summed E-state index contributed by atoms with van der Waals surface area (Å²) in [5.41, 5.74) is 2.48. The third kappa shape index (κ3) is 4.09. The molecule has 0 bridgehead atoms. The molecule has 116 valence electrons. The predicted molar refractivity (Wildman–Crippen MR) is 97.7 cm³/mol. The quantitative estimate of drug-likeness (QED) is 0.653. The van der Waals surface area contributed by atoms with Crippen LogP contribution in [0.3, 0.4) is 0 Å². The summed E-state index contributed by atoms with van der Waals surface area (Å²) in [6, 6.07) is 15.3. The van der Waals surface area contributed by atoms with Gasteiger partial charge in [0, 0.05) is 21.3 Å². The molecule has 3 rings (SSSR count). The summed E-state index contributed by atoms with van der Waals surface area (Å²) in [6.45, 7) is 0. The van der Waals surface area contributed by atoms with Crippen molar-refractivity contribution in [2.45, 2.75) is 6.42 Å². The van der Waals surface area contributed by atoms with E-state index in [0.29, 0.717) is 12.1 Å². The number of amides is 1. The molecule has 0 fully saturated rings. The van der Waals surface area contributed by atoms with E-state index in [1.807, 2.05) is 54.7 Å². The molecule has 1 N–H and O–H groups in total. The summed E-state index contributed by atoms with van der Waals surface area (Å²) in [6.07, 6.45) is 3.85. The highest BCUT2D eigenvalue weighted by molar-refractivity contribution is 9.10. The van der Waals surface area contributed by atoms with E-state index in [2.05, 4.69) is 42.3 Å². The Bertz CT molecular complexity index is 832. The van der Waals surface area contributed by atoms with Gasteiger partial charge in [0.15, 0.2) is 0 Å². The first-order valence-electron chi connectivity index (χ1n) is 6.96. The lowest BCUT2D eigenvalue weighted by Crippen LogP contribution is -2.16. The molecule has 23 heavy (non-hydrogen) atoms. The summed E-state index contributed by atoms with van der Waals surface area (Å²) < 4.78 is 3.58. The fraction of sp³-hybridized carbons (Fsp3) is 0.0588. The van der Waals surface area contributed by atoms with E-state index in [0.717, 1.165) is 20.2 Å². The van der Waals surface area contributed by atoms with E-state index >= 15 is 0 Å². The van der Waals surface area contributed by atoms with Gasteiger partial charge in [0.25, 0.3) is 0 Å². The van der Waals surface area contributed by atoms with Crippen LogP contribution in [0.15, 0.2) is 69.9 Å². The van der Waals surface area contributed by atoms with Gasteiger partial charge < -0.3 is 5.32 Å². The maximum absolute atomic E-state index is 12.4. The van der Waals surface area contributed by atoms with Crippen LogP contribution in [0.4, 0.5) is 5.69 Å². The molecule has 4 nitrogen and oxygen atoms in total. The second-order valence-electron chi connectivity index (χ2n) is 4.97. The normalized spacial score (nSPS) is 10.5. The number of anilines is 1. The van der Waals surface area contributed by atoms with Crippen LogP contribution in [-0.2, 0) is 11.2 Å². The molecule has 0 aliphatic heterocycles. The minimum Gasteiger partial charge on any atom is -0.324 e. The van der Waals surface area contributed by atoms with E-state index in [1.165, 1.54) is 0 Å². The fourth-order valence-corrected chi connectivity index (χ4v) is 3.05. The maximum Gasteiger partial charge on any atom is 0.228 e. The molecule has 0 aliphatic rings. The number of carbonyl (C=O) groups excluding carboxylic acids is 1. The molecular weight excluding hydrogens is 422 g/mol. The Labute approximate surface area is 150 Å². The van der Waals surface area contributed by atoms with Gasteiger partial charge in [-0.3, -0.25) is 4.79 Å². The second kappa shape index (κ2) is 7.10. The van der Waals surface area contributed by atoms with Gasteiger partial charge in [-0.1, -0.05) is 44.0 Å². The van der Waals surface area contributed by atoms with E-state index < -0.39 is 0 Å². The molecule has 2 aromatic carbocycles. The van der Waals surface area contributed by atoms with Crippen LogP contribution in [0, 0.1) is 0 Å². The van der Waals surface area contributed by atoms with Gasteiger partial charge in [-0.25, -0.2) is 4.68 Å². The van der Waals surface area contributed by atoms with Crippen LogP contribution in [0.5, 0.6) is 0 Å². The standard InChI is InChI=1S/C17H13Br2N3O/c18-13-4-1-3-12(9-13)10-17(23)21-15-11-14(19)5-6-16(15)22-8-2-7-20-22/h1-9,11H,10H2,(H,21,23). The fourth-order valence-electron chi connectivity index (χ4n) is 2.25. The average molecular weight is 435 g/mol. The third-order valence-corrected chi connectivity index (χ3v) is 4.22. The minimum atomic E-state index is -0.0744. The van der Waals surface area contributed by atoms with Gasteiger partial charge in [-0.05, 0) is 42.0 Å². The molecule has 0 radical (unpaired) electrons. The van der Waals surface area contributed by atoms with Crippen LogP contribution < -0.4 is 5.32 Å². The topological polar surface area (TPSA) is 46.9 Å². The van der Waals surface area contributed by atoms with Crippen molar-refractivity contribution in [3.8, 4) is 5.69 Å². The summed E-state index contributed by atoms with van der Waals surface area (Å²) in [4.78, 5) is 12.4. The highest BCUT2D eigenvalue weighted by atomic mass is 79.9. The molecule has 0 atom stereocenters. The van der Waals surface area contributed by atoms with Gasteiger partial charge in [0.2, 0.25) is 5.91 Å². The summed E-state index contributed by atoms with van der Waals surface area (Å²) in [5.74, 6) is -0.0744. The smallest absolute Gasteiger partial charge is 0.228 e. The Morgan fingerprint density at radius 2 is 1.91 bits per heavy atom. The van der Waals surface area contributed by atoms with E-state index in [4.69, 9.17) is 0 Å². The Morgan fingerprint density at radius 3 is 2.65 bits per heavy atom. The van der Waals surface area contributed by atoms with E-state index in [-0.39, 0.29) is 5.91 Å². The van der Waals surface area contributed by atoms with Gasteiger partial charge in [-0.2, -0.15) is 5.10 Å². The molecule has 1 amide bonds. The summed E-state index contributed by atoms with van der Waals surface area (Å²) in [5, 5.41) is 7.19. The zero-order chi connectivity index (χ0) is 16.2. The first-order valence-corrected chi connectivity index (χ1v) is 8.54. The van der Waals surface area contributed by atoms with Crippen molar-refractivity contribution in [2.24, 2.45) is 0 Å². The Hall–Kier alpha value is -1.92. The number of nitrogens with one attached hydrogen (secondary N) is 1. The largest absolute Gasteiger partial charge is 0.324 e. The first-order chi connectivity index (χ1) is 11.1. The van der Waals surface area contributed by atoms with Crippen molar-refractivity contribution in [3.63, 3.8) is 0 Å². The molecule has 0 aliphatic carbocycles. The molecule has 0 spiro atoms. The Morgan fingerprint density at radius 1 is 1.09 bits per heavy atom. The predicted octanol–water partition coefficient (Wildman–Crippen LogP) is 4.58. The van der Waals surface area contributed by atoms with Crippen molar-refractivity contribution in [3.05, 3.63) is 75.4 Å². The number of nitrogens with zero attached hydrogens (tertiary/aromatic N) is 2. The van der Waals surface area contributed by atoms with Crippen LogP contribution in [0.25, 0.3) is 5.69 Å². The zero-order valence-electron chi connectivity index (χ0n) is 12.0. The number of halogens is 2. The maximum atomic E-state index is 12.4. The number of carbonyl (C=O) groups is 1. The van der Waals surface area contributed by atoms with Crippen LogP contribution >= 0.6 is 31.9 Å². The van der Waals surface area contributed by atoms with Crippen molar-refractivity contribution in [1.29, 1.82) is 0 Å². The molecule has 6 heteroatoms. The zero-order valence-corrected chi connectivity index (χ0v) is 15.2. The van der Waals surface area contributed by atoms with Gasteiger partial charge in [0.05, 0.1) is 17.8 Å². The van der Waals surface area contributed by atoms with Crippen LogP contribution in [-0.4, -0.2) is 15.7 Å². The highest BCUT2D eigenvalue weighted by Crippen LogP contribution is 2.24. The molecular formula is C17H13Br2N3O. The lowest BCUT2D eigenvalue weighted by Gasteiger charge is -2.12. The lowest BCUT2D eigenvalue weighted by atomic mass is 10.1. The lowest BCUT2D eigenvalue weighted by molar-refractivity contribution is -0.115. The van der Waals surface area contributed by atoms with Crippen molar-refractivity contribution < 1.29 is 4.79 Å². The van der Waals surface area contributed by atoms with Crippen molar-refractivity contribution in [2.75, 3.05) is 5.32 Å². The van der Waals surface area contributed by atoms with Gasteiger partial charge in [0.1, 0.15) is 0 Å². The molecule has 1 aromatic heterocycles. The monoisotopic (exact) mass is 433 g/mol. The summed E-state index contributed by atoms with van der Waals surface area (Å²) in [7, 11) is 0. The Balaban J connectivity index is 1.82. The SMILES string of the molecule is O=C(Cc1cccc(Br)c1)Nc1cc(Br)ccc1-n1cccn1. The molecule has 3 aromatic rings. The number of hydrogen-bond donors (Lipinski definition) is 1.